The molecule has 0 saturated carbocycles. The van der Waals surface area contributed by atoms with E-state index in [4.69, 9.17) is 0 Å². The Bertz CT molecular complexity index is 359. The quantitative estimate of drug-likeness (QED) is 0.281. The predicted octanol–water partition coefficient (Wildman–Crippen LogP) is 5.41. The van der Waals surface area contributed by atoms with E-state index in [2.05, 4.69) is 22.5 Å². The van der Waals surface area contributed by atoms with Gasteiger partial charge in [0.25, 0.3) is 0 Å². The maximum absolute atomic E-state index is 9.96. The molecular weight excluding hydrogens is 274 g/mol. The smallest absolute Gasteiger partial charge is 0.0540 e. The van der Waals surface area contributed by atoms with Crippen molar-refractivity contribution in [3.05, 3.63) is 41.2 Å². The van der Waals surface area contributed by atoms with E-state index < -0.39 is 0 Å². The van der Waals surface area contributed by atoms with E-state index in [-0.39, 0.29) is 0 Å². The summed E-state index contributed by atoms with van der Waals surface area (Å²) in [5, 5.41) is 2.60. The summed E-state index contributed by atoms with van der Waals surface area (Å²) in [6, 6.07) is 0. The van der Waals surface area contributed by atoms with E-state index in [0.29, 0.717) is 0 Å². The maximum atomic E-state index is 9.96. The van der Waals surface area contributed by atoms with Gasteiger partial charge in [0, 0.05) is 25.1 Å². The lowest BCUT2D eigenvalue weighted by Gasteiger charge is -2.18. The first-order valence-corrected chi connectivity index (χ1v) is 8.77. The summed E-state index contributed by atoms with van der Waals surface area (Å²) >= 11 is 0. The van der Waals surface area contributed by atoms with Gasteiger partial charge >= 0.3 is 0 Å². The minimum absolute atomic E-state index is 0.957. The van der Waals surface area contributed by atoms with Gasteiger partial charge in [0.1, 0.15) is 0 Å². The molecule has 0 aliphatic carbocycles. The zero-order valence-electron chi connectivity index (χ0n) is 14.0. The molecule has 1 N–H and O–H groups in total. The molecule has 4 heteroatoms. The van der Waals surface area contributed by atoms with Gasteiger partial charge < -0.3 is 4.90 Å². The normalized spacial score (nSPS) is 13.5. The SMILES string of the molecule is CCCCCCCCCCCCN1C=CC(=CNN=O)C=C1. The second-order valence-corrected chi connectivity index (χ2v) is 5.92. The molecule has 1 aliphatic heterocycles. The molecule has 0 atom stereocenters. The van der Waals surface area contributed by atoms with Crippen molar-refractivity contribution in [1.82, 2.24) is 10.3 Å². The molecule has 0 bridgehead atoms. The number of allylic oxidation sites excluding steroid dienone is 3. The Labute approximate surface area is 135 Å². The van der Waals surface area contributed by atoms with E-state index in [1.165, 1.54) is 64.2 Å². The van der Waals surface area contributed by atoms with Gasteiger partial charge in [-0.05, 0) is 24.1 Å². The Morgan fingerprint density at radius 2 is 1.50 bits per heavy atom. The van der Waals surface area contributed by atoms with Gasteiger partial charge in [-0.1, -0.05) is 64.7 Å². The fourth-order valence-electron chi connectivity index (χ4n) is 2.60. The Balaban J connectivity index is 1.94. The molecule has 0 amide bonds. The van der Waals surface area contributed by atoms with Gasteiger partial charge in [0.2, 0.25) is 0 Å². The third kappa shape index (κ3) is 9.37. The number of nitrogens with zero attached hydrogens (tertiary/aromatic N) is 2. The van der Waals surface area contributed by atoms with Crippen LogP contribution >= 0.6 is 0 Å². The molecule has 0 spiro atoms. The van der Waals surface area contributed by atoms with E-state index in [1.807, 2.05) is 24.6 Å². The fraction of sp³-hybridized carbons (Fsp3) is 0.667. The summed E-state index contributed by atoms with van der Waals surface area (Å²) in [7, 11) is 0. The van der Waals surface area contributed by atoms with Crippen molar-refractivity contribution in [2.45, 2.75) is 71.1 Å². The van der Waals surface area contributed by atoms with Crippen LogP contribution in [0.3, 0.4) is 0 Å². The average molecular weight is 305 g/mol. The van der Waals surface area contributed by atoms with E-state index >= 15 is 0 Å². The Hall–Kier alpha value is -1.58. The molecule has 0 aromatic carbocycles. The molecular formula is C18H31N3O. The zero-order chi connectivity index (χ0) is 15.9. The third-order valence-corrected chi connectivity index (χ3v) is 3.97. The summed E-state index contributed by atoms with van der Waals surface area (Å²) in [5.74, 6) is 0. The van der Waals surface area contributed by atoms with Gasteiger partial charge in [0.05, 0.1) is 5.29 Å². The molecule has 0 saturated heterocycles. The Morgan fingerprint density at radius 3 is 2.05 bits per heavy atom. The van der Waals surface area contributed by atoms with Crippen LogP contribution < -0.4 is 5.43 Å². The van der Waals surface area contributed by atoms with Crippen LogP contribution in [0.1, 0.15) is 71.1 Å². The fourth-order valence-corrected chi connectivity index (χ4v) is 2.60. The Kier molecular flexibility index (Phi) is 11.0. The molecule has 22 heavy (non-hydrogen) atoms. The molecule has 1 aliphatic rings. The molecule has 0 fully saturated rings. The van der Waals surface area contributed by atoms with Gasteiger partial charge in [-0.3, -0.25) is 0 Å². The molecule has 4 nitrogen and oxygen atoms in total. The summed E-state index contributed by atoms with van der Waals surface area (Å²) in [4.78, 5) is 12.2. The van der Waals surface area contributed by atoms with Gasteiger partial charge in [-0.15, -0.1) is 4.91 Å². The summed E-state index contributed by atoms with van der Waals surface area (Å²) < 4.78 is 0. The van der Waals surface area contributed by atoms with Gasteiger partial charge in [-0.2, -0.15) is 0 Å². The molecule has 0 unspecified atom stereocenters. The highest BCUT2D eigenvalue weighted by Gasteiger charge is 2.00. The molecule has 1 rings (SSSR count). The third-order valence-electron chi connectivity index (χ3n) is 3.97. The number of nitrogens with one attached hydrogen (secondary N) is 1. The topological polar surface area (TPSA) is 44.7 Å². The summed E-state index contributed by atoms with van der Waals surface area (Å²) in [6.07, 6.45) is 23.3. The largest absolute Gasteiger partial charge is 0.354 e. The lowest BCUT2D eigenvalue weighted by atomic mass is 10.1. The van der Waals surface area contributed by atoms with Crippen LogP contribution in [0.5, 0.6) is 0 Å². The number of rotatable bonds is 13. The highest BCUT2D eigenvalue weighted by Crippen LogP contribution is 2.12. The second-order valence-electron chi connectivity index (χ2n) is 5.92. The number of unbranched alkanes of at least 4 members (excludes halogenated alkanes) is 9. The molecule has 0 aromatic rings. The highest BCUT2D eigenvalue weighted by molar-refractivity contribution is 5.32. The average Bonchev–Trinajstić information content (AvgIpc) is 2.56. The summed E-state index contributed by atoms with van der Waals surface area (Å²) in [6.45, 7) is 3.33. The first kappa shape index (κ1) is 18.5. The van der Waals surface area contributed by atoms with E-state index in [1.54, 1.807) is 6.20 Å². The zero-order valence-corrected chi connectivity index (χ0v) is 14.0. The van der Waals surface area contributed by atoms with Crippen LogP contribution in [0.4, 0.5) is 0 Å². The van der Waals surface area contributed by atoms with Crippen molar-refractivity contribution in [3.8, 4) is 0 Å². The lowest BCUT2D eigenvalue weighted by molar-refractivity contribution is 0.461. The van der Waals surface area contributed by atoms with Crippen LogP contribution in [0.15, 0.2) is 41.6 Å². The van der Waals surface area contributed by atoms with Crippen molar-refractivity contribution >= 4 is 0 Å². The van der Waals surface area contributed by atoms with Crippen molar-refractivity contribution < 1.29 is 0 Å². The first-order valence-electron chi connectivity index (χ1n) is 8.77. The van der Waals surface area contributed by atoms with Crippen molar-refractivity contribution in [2.24, 2.45) is 5.29 Å². The summed E-state index contributed by atoms with van der Waals surface area (Å²) in [5.41, 5.74) is 3.26. The molecule has 1 heterocycles. The Morgan fingerprint density at radius 1 is 0.955 bits per heavy atom. The molecule has 0 aromatic heterocycles. The van der Waals surface area contributed by atoms with Crippen molar-refractivity contribution in [1.29, 1.82) is 0 Å². The molecule has 0 radical (unpaired) electrons. The van der Waals surface area contributed by atoms with Crippen LogP contribution in [0, 0.1) is 4.91 Å². The molecule has 124 valence electrons. The van der Waals surface area contributed by atoms with Crippen LogP contribution in [0.25, 0.3) is 0 Å². The lowest BCUT2D eigenvalue weighted by Crippen LogP contribution is -2.13. The highest BCUT2D eigenvalue weighted by atomic mass is 16.3. The number of hydrogen-bond acceptors (Lipinski definition) is 3. The second kappa shape index (κ2) is 13.1. The number of hydrogen-bond donors (Lipinski definition) is 1. The van der Waals surface area contributed by atoms with Crippen molar-refractivity contribution in [2.75, 3.05) is 6.54 Å². The monoisotopic (exact) mass is 305 g/mol. The first-order chi connectivity index (χ1) is 10.9. The van der Waals surface area contributed by atoms with Gasteiger partial charge in [-0.25, -0.2) is 5.43 Å². The number of nitroso groups, excluding NO2 is 1. The van der Waals surface area contributed by atoms with Crippen LogP contribution in [0.2, 0.25) is 0 Å². The van der Waals surface area contributed by atoms with Gasteiger partial charge in [0.15, 0.2) is 0 Å². The van der Waals surface area contributed by atoms with Crippen molar-refractivity contribution in [3.63, 3.8) is 0 Å². The van der Waals surface area contributed by atoms with E-state index in [9.17, 15) is 4.91 Å². The maximum Gasteiger partial charge on any atom is 0.0540 e. The standard InChI is InChI=1S/C18H31N3O/c1-2-3-4-5-6-7-8-9-10-11-14-21-15-12-18(13-16-21)17-19-20-22/h12-13,15-17H,2-11,14H2,1H3,(H,19,22). The minimum atomic E-state index is 0.957. The van der Waals surface area contributed by atoms with Crippen LogP contribution in [-0.4, -0.2) is 11.4 Å². The minimum Gasteiger partial charge on any atom is -0.354 e. The predicted molar refractivity (Wildman–Crippen MR) is 93.8 cm³/mol. The van der Waals surface area contributed by atoms with E-state index in [0.717, 1.165) is 12.1 Å². The van der Waals surface area contributed by atoms with Crippen LogP contribution in [-0.2, 0) is 0 Å².